The number of hydrogen-bond acceptors (Lipinski definition) is 2. The van der Waals surface area contributed by atoms with E-state index in [1.165, 1.54) is 12.1 Å². The molecule has 0 unspecified atom stereocenters. The van der Waals surface area contributed by atoms with E-state index in [0.29, 0.717) is 5.56 Å². The van der Waals surface area contributed by atoms with Crippen molar-refractivity contribution in [2.45, 2.75) is 0 Å². The third-order valence-corrected chi connectivity index (χ3v) is 3.61. The van der Waals surface area contributed by atoms with Crippen LogP contribution in [0.25, 0.3) is 11.1 Å². The molecule has 0 N–H and O–H groups in total. The van der Waals surface area contributed by atoms with Gasteiger partial charge in [0, 0.05) is 12.1 Å². The van der Waals surface area contributed by atoms with Crippen molar-refractivity contribution in [3.8, 4) is 23.0 Å². The van der Waals surface area contributed by atoms with Gasteiger partial charge in [0.1, 0.15) is 17.5 Å². The predicted octanol–water partition coefficient (Wildman–Crippen LogP) is 5.70. The van der Waals surface area contributed by atoms with Crippen LogP contribution in [0.1, 0.15) is 11.1 Å². The smallest absolute Gasteiger partial charge is 0.206 e. The molecule has 3 aromatic carbocycles. The molecule has 133 valence electrons. The summed E-state index contributed by atoms with van der Waals surface area (Å²) in [7, 11) is 0. The summed E-state index contributed by atoms with van der Waals surface area (Å²) in [5, 5.41) is 2.04. The van der Waals surface area contributed by atoms with Gasteiger partial charge in [-0.2, -0.15) is 35.3 Å². The van der Waals surface area contributed by atoms with E-state index in [2.05, 4.69) is 35.1 Å². The molecule has 0 saturated carbocycles. The minimum Gasteiger partial charge on any atom is -0.206 e. The second kappa shape index (κ2) is 9.39. The molecule has 0 amide bonds. The molecule has 3 rings (SSSR count). The van der Waals surface area contributed by atoms with E-state index in [-0.39, 0.29) is 41.9 Å². The average molecular weight is 465 g/mol. The molecule has 0 heterocycles. The van der Waals surface area contributed by atoms with Crippen molar-refractivity contribution >= 4 is 23.1 Å². The molecule has 1 nitrogen and oxygen atoms in total. The number of aliphatic imine (C=N–C) groups is 1. The van der Waals surface area contributed by atoms with Gasteiger partial charge in [-0.05, 0) is 29.9 Å². The SMILES string of the molecule is Fc1cc(-c2c(F)cc(N=C=S)cc2F)ccc1C#Cc1cc[c-]cc1.[Ru+]. The molecule has 0 fully saturated rings. The van der Waals surface area contributed by atoms with Crippen molar-refractivity contribution in [2.24, 2.45) is 4.99 Å². The second-order valence-corrected chi connectivity index (χ2v) is 5.40. The Morgan fingerprint density at radius 1 is 0.852 bits per heavy atom. The van der Waals surface area contributed by atoms with Crippen LogP contribution in [-0.4, -0.2) is 5.16 Å². The minimum absolute atomic E-state index is 0. The number of thiocarbonyl (C=S) groups is 1. The van der Waals surface area contributed by atoms with Crippen LogP contribution < -0.4 is 0 Å². The largest absolute Gasteiger partial charge is 1.00 e. The van der Waals surface area contributed by atoms with Crippen LogP contribution in [0.2, 0.25) is 0 Å². The van der Waals surface area contributed by atoms with Crippen LogP contribution in [-0.2, 0) is 19.5 Å². The van der Waals surface area contributed by atoms with E-state index < -0.39 is 17.5 Å². The Labute approximate surface area is 172 Å². The van der Waals surface area contributed by atoms with Crippen molar-refractivity contribution in [3.05, 3.63) is 89.2 Å². The summed E-state index contributed by atoms with van der Waals surface area (Å²) in [6.45, 7) is 0. The van der Waals surface area contributed by atoms with Gasteiger partial charge in [0.25, 0.3) is 0 Å². The maximum Gasteiger partial charge on any atom is 1.00 e. The van der Waals surface area contributed by atoms with Gasteiger partial charge in [-0.3, -0.25) is 0 Å². The number of isothiocyanates is 1. The van der Waals surface area contributed by atoms with Gasteiger partial charge in [0.2, 0.25) is 0 Å². The zero-order valence-electron chi connectivity index (χ0n) is 13.5. The molecule has 0 saturated heterocycles. The van der Waals surface area contributed by atoms with Crippen molar-refractivity contribution < 1.29 is 32.6 Å². The Kier molecular flexibility index (Phi) is 7.22. The van der Waals surface area contributed by atoms with Crippen molar-refractivity contribution in [1.29, 1.82) is 0 Å². The zero-order valence-corrected chi connectivity index (χ0v) is 16.1. The van der Waals surface area contributed by atoms with E-state index >= 15 is 0 Å². The van der Waals surface area contributed by atoms with Crippen LogP contribution in [0.5, 0.6) is 0 Å². The summed E-state index contributed by atoms with van der Waals surface area (Å²) >= 11 is 4.41. The molecular formula is C21H9F3NRuS. The Balaban J connectivity index is 0.00000261. The average Bonchev–Trinajstić information content (AvgIpc) is 2.61. The molecule has 0 aromatic heterocycles. The molecule has 0 atom stereocenters. The number of benzene rings is 3. The fourth-order valence-electron chi connectivity index (χ4n) is 2.33. The summed E-state index contributed by atoms with van der Waals surface area (Å²) in [6, 6.07) is 15.6. The van der Waals surface area contributed by atoms with Gasteiger partial charge in [-0.15, -0.1) is 0 Å². The summed E-state index contributed by atoms with van der Waals surface area (Å²) in [6.07, 6.45) is 0. The maximum absolute atomic E-state index is 14.3. The van der Waals surface area contributed by atoms with Gasteiger partial charge < -0.3 is 0 Å². The van der Waals surface area contributed by atoms with Crippen LogP contribution in [0.3, 0.4) is 0 Å². The van der Waals surface area contributed by atoms with Crippen molar-refractivity contribution in [1.82, 2.24) is 0 Å². The van der Waals surface area contributed by atoms with E-state index in [9.17, 15) is 13.2 Å². The van der Waals surface area contributed by atoms with Crippen LogP contribution in [0, 0.1) is 35.4 Å². The Hall–Kier alpha value is -2.57. The second-order valence-electron chi connectivity index (χ2n) is 5.22. The fourth-order valence-corrected chi connectivity index (χ4v) is 2.44. The van der Waals surface area contributed by atoms with Crippen molar-refractivity contribution in [2.75, 3.05) is 0 Å². The first-order chi connectivity index (χ1) is 12.6. The standard InChI is InChI=1S/C21H9F3NS.Ru/c22-18-10-16(21-19(23)11-17(25-13-26)12-20(21)24)9-8-15(18)7-6-14-4-2-1-3-5-14;/h2-5,8-12H;/q-1;+1. The summed E-state index contributed by atoms with van der Waals surface area (Å²) in [4.78, 5) is 3.54. The van der Waals surface area contributed by atoms with E-state index in [1.807, 2.05) is 5.16 Å². The molecule has 0 aliphatic heterocycles. The molecule has 0 aliphatic rings. The predicted molar refractivity (Wildman–Crippen MR) is 97.7 cm³/mol. The Morgan fingerprint density at radius 2 is 1.52 bits per heavy atom. The van der Waals surface area contributed by atoms with Gasteiger partial charge >= 0.3 is 19.5 Å². The molecule has 0 spiro atoms. The molecule has 27 heavy (non-hydrogen) atoms. The number of hydrogen-bond donors (Lipinski definition) is 0. The molecule has 3 aromatic rings. The summed E-state index contributed by atoms with van der Waals surface area (Å²) < 4.78 is 42.7. The molecule has 6 heteroatoms. The number of nitrogens with zero attached hydrogens (tertiary/aromatic N) is 1. The van der Waals surface area contributed by atoms with E-state index in [4.69, 9.17) is 0 Å². The number of rotatable bonds is 2. The normalized spacial score (nSPS) is 9.44. The van der Waals surface area contributed by atoms with Gasteiger partial charge in [-0.1, -0.05) is 23.5 Å². The number of halogens is 3. The Bertz CT molecular complexity index is 1060. The topological polar surface area (TPSA) is 12.4 Å². The first-order valence-corrected chi connectivity index (χ1v) is 7.84. The summed E-state index contributed by atoms with van der Waals surface area (Å²) in [5.41, 5.74) is 0.561. The zero-order chi connectivity index (χ0) is 18.5. The molecular weight excluding hydrogens is 456 g/mol. The van der Waals surface area contributed by atoms with Crippen LogP contribution in [0.15, 0.2) is 59.6 Å². The van der Waals surface area contributed by atoms with Gasteiger partial charge in [-0.25, -0.2) is 13.2 Å². The van der Waals surface area contributed by atoms with E-state index in [0.717, 1.165) is 18.2 Å². The maximum atomic E-state index is 14.3. The molecule has 1 radical (unpaired) electrons. The molecule has 0 aliphatic carbocycles. The van der Waals surface area contributed by atoms with Crippen LogP contribution in [0.4, 0.5) is 18.9 Å². The minimum atomic E-state index is -0.868. The Morgan fingerprint density at radius 3 is 2.11 bits per heavy atom. The third-order valence-electron chi connectivity index (χ3n) is 3.52. The summed E-state index contributed by atoms with van der Waals surface area (Å²) in [5.74, 6) is 3.11. The third kappa shape index (κ3) is 4.99. The molecule has 0 bridgehead atoms. The van der Waals surface area contributed by atoms with Crippen molar-refractivity contribution in [3.63, 3.8) is 0 Å². The monoisotopic (exact) mass is 466 g/mol. The first kappa shape index (κ1) is 20.7. The van der Waals surface area contributed by atoms with Gasteiger partial charge in [0.15, 0.2) is 0 Å². The van der Waals surface area contributed by atoms with Gasteiger partial charge in [0.05, 0.1) is 22.0 Å². The quantitative estimate of drug-likeness (QED) is 0.155. The van der Waals surface area contributed by atoms with E-state index in [1.54, 1.807) is 24.3 Å². The fraction of sp³-hybridized carbons (Fsp3) is 0. The first-order valence-electron chi connectivity index (χ1n) is 7.43. The van der Waals surface area contributed by atoms with Crippen LogP contribution >= 0.6 is 12.2 Å².